The molecule has 0 aliphatic carbocycles. The molecule has 0 aliphatic rings. The van der Waals surface area contributed by atoms with Crippen LogP contribution in [0.15, 0.2) is 24.3 Å². The van der Waals surface area contributed by atoms with Crippen LogP contribution in [0.1, 0.15) is 62.3 Å². The van der Waals surface area contributed by atoms with E-state index in [2.05, 4.69) is 41.5 Å². The number of rotatable bonds is 6. The van der Waals surface area contributed by atoms with Gasteiger partial charge in [-0.1, -0.05) is 41.5 Å². The molecular weight excluding hydrogens is 316 g/mol. The van der Waals surface area contributed by atoms with Gasteiger partial charge in [0.25, 0.3) is 0 Å². The first-order valence-corrected chi connectivity index (χ1v) is 8.93. The highest BCUT2D eigenvalue weighted by molar-refractivity contribution is 5.80. The third-order valence-electron chi connectivity index (χ3n) is 5.15. The average Bonchev–Trinajstić information content (AvgIpc) is 2.46. The van der Waals surface area contributed by atoms with E-state index < -0.39 is 5.41 Å². The highest BCUT2D eigenvalue weighted by Crippen LogP contribution is 2.52. The largest absolute Gasteiger partial charge is 0.465 e. The summed E-state index contributed by atoms with van der Waals surface area (Å²) in [7, 11) is 0. The van der Waals surface area contributed by atoms with Gasteiger partial charge < -0.3 is 14.2 Å². The molecule has 4 nitrogen and oxygen atoms in total. The van der Waals surface area contributed by atoms with Crippen LogP contribution in [0.3, 0.4) is 0 Å². The summed E-state index contributed by atoms with van der Waals surface area (Å²) in [5.74, 6) is 0.972. The molecule has 1 aromatic carbocycles. The smallest absolute Gasteiger partial charge is 0.318 e. The van der Waals surface area contributed by atoms with Gasteiger partial charge in [0.1, 0.15) is 11.5 Å². The van der Waals surface area contributed by atoms with Crippen LogP contribution in [0.5, 0.6) is 11.5 Å². The second-order valence-electron chi connectivity index (χ2n) is 8.63. The lowest BCUT2D eigenvalue weighted by Crippen LogP contribution is -2.51. The zero-order valence-corrected chi connectivity index (χ0v) is 17.2. The summed E-state index contributed by atoms with van der Waals surface area (Å²) in [5, 5.41) is 0. The van der Waals surface area contributed by atoms with Crippen molar-refractivity contribution in [2.45, 2.75) is 68.6 Å². The molecule has 0 fully saturated rings. The Morgan fingerprint density at radius 3 is 1.76 bits per heavy atom. The summed E-state index contributed by atoms with van der Waals surface area (Å²) in [4.78, 5) is 13.0. The fourth-order valence-electron chi connectivity index (χ4n) is 2.99. The van der Waals surface area contributed by atoms with E-state index >= 15 is 0 Å². The molecule has 0 aliphatic heterocycles. The van der Waals surface area contributed by atoms with Crippen LogP contribution < -0.4 is 9.47 Å². The molecule has 0 saturated carbocycles. The Morgan fingerprint density at radius 2 is 1.36 bits per heavy atom. The van der Waals surface area contributed by atoms with Crippen LogP contribution in [0.25, 0.3) is 0 Å². The van der Waals surface area contributed by atoms with E-state index in [9.17, 15) is 4.79 Å². The summed E-state index contributed by atoms with van der Waals surface area (Å²) in [6.45, 7) is 18.8. The first kappa shape index (κ1) is 21.5. The fourth-order valence-corrected chi connectivity index (χ4v) is 2.99. The predicted molar refractivity (Wildman–Crippen MR) is 101 cm³/mol. The SMILES string of the molecule is CCOC(C)Oc1ccc(OC(=O)C(C)(C(C)(C)C)C(C)(C)C)cc1. The highest BCUT2D eigenvalue weighted by Gasteiger charge is 2.53. The predicted octanol–water partition coefficient (Wildman–Crippen LogP) is 5.45. The normalized spacial score (nSPS) is 14.1. The monoisotopic (exact) mass is 350 g/mol. The molecule has 0 radical (unpaired) electrons. The zero-order chi connectivity index (χ0) is 19.5. The van der Waals surface area contributed by atoms with Crippen molar-refractivity contribution in [2.75, 3.05) is 6.61 Å². The fraction of sp³-hybridized carbons (Fsp3) is 0.667. The Morgan fingerprint density at radius 1 is 0.920 bits per heavy atom. The van der Waals surface area contributed by atoms with Gasteiger partial charge in [-0.25, -0.2) is 0 Å². The van der Waals surface area contributed by atoms with Crippen molar-refractivity contribution in [1.82, 2.24) is 0 Å². The van der Waals surface area contributed by atoms with Crippen LogP contribution in [0.4, 0.5) is 0 Å². The van der Waals surface area contributed by atoms with E-state index in [0.717, 1.165) is 0 Å². The Bertz CT molecular complexity index is 547. The maximum Gasteiger partial charge on any atom is 0.318 e. The molecule has 1 unspecified atom stereocenters. The van der Waals surface area contributed by atoms with Gasteiger partial charge >= 0.3 is 5.97 Å². The maximum absolute atomic E-state index is 13.0. The quantitative estimate of drug-likeness (QED) is 0.389. The van der Waals surface area contributed by atoms with Crippen LogP contribution in [-0.4, -0.2) is 18.9 Å². The first-order chi connectivity index (χ1) is 11.3. The summed E-state index contributed by atoms with van der Waals surface area (Å²) in [5.41, 5.74) is -1.12. The Balaban J connectivity index is 2.92. The topological polar surface area (TPSA) is 44.8 Å². The van der Waals surface area contributed by atoms with Crippen LogP contribution in [0.2, 0.25) is 0 Å². The van der Waals surface area contributed by atoms with Gasteiger partial charge in [0, 0.05) is 6.61 Å². The van der Waals surface area contributed by atoms with Crippen molar-refractivity contribution in [1.29, 1.82) is 0 Å². The minimum atomic E-state index is -0.640. The van der Waals surface area contributed by atoms with E-state index in [1.54, 1.807) is 24.3 Å². The molecular formula is C21H34O4. The molecule has 1 rings (SSSR count). The molecule has 0 amide bonds. The van der Waals surface area contributed by atoms with Gasteiger partial charge in [-0.3, -0.25) is 4.79 Å². The molecule has 4 heteroatoms. The summed E-state index contributed by atoms with van der Waals surface area (Å²) < 4.78 is 16.7. The molecule has 0 saturated heterocycles. The second-order valence-corrected chi connectivity index (χ2v) is 8.63. The van der Waals surface area contributed by atoms with Crippen molar-refractivity contribution in [2.24, 2.45) is 16.2 Å². The Hall–Kier alpha value is -1.55. The van der Waals surface area contributed by atoms with Crippen molar-refractivity contribution < 1.29 is 19.0 Å². The number of carbonyl (C=O) groups is 1. The highest BCUT2D eigenvalue weighted by atomic mass is 16.7. The van der Waals surface area contributed by atoms with Gasteiger partial charge in [-0.2, -0.15) is 0 Å². The van der Waals surface area contributed by atoms with Crippen LogP contribution >= 0.6 is 0 Å². The molecule has 25 heavy (non-hydrogen) atoms. The van der Waals surface area contributed by atoms with Crippen molar-refractivity contribution >= 4 is 5.97 Å². The van der Waals surface area contributed by atoms with Crippen molar-refractivity contribution in [3.8, 4) is 11.5 Å². The molecule has 142 valence electrons. The van der Waals surface area contributed by atoms with Gasteiger partial charge in [-0.15, -0.1) is 0 Å². The third-order valence-corrected chi connectivity index (χ3v) is 5.15. The molecule has 0 N–H and O–H groups in total. The summed E-state index contributed by atoms with van der Waals surface area (Å²) in [6, 6.07) is 7.06. The lowest BCUT2D eigenvalue weighted by molar-refractivity contribution is -0.162. The molecule has 0 aromatic heterocycles. The molecule has 1 atom stereocenters. The minimum absolute atomic E-state index is 0.219. The summed E-state index contributed by atoms with van der Waals surface area (Å²) >= 11 is 0. The van der Waals surface area contributed by atoms with E-state index in [4.69, 9.17) is 14.2 Å². The number of hydrogen-bond acceptors (Lipinski definition) is 4. The van der Waals surface area contributed by atoms with Crippen molar-refractivity contribution in [3.05, 3.63) is 24.3 Å². The minimum Gasteiger partial charge on any atom is -0.465 e. The molecule has 1 aromatic rings. The van der Waals surface area contributed by atoms with Crippen LogP contribution in [0, 0.1) is 16.2 Å². The Labute approximate surface area is 152 Å². The first-order valence-electron chi connectivity index (χ1n) is 8.93. The number of ether oxygens (including phenoxy) is 3. The number of benzene rings is 1. The average molecular weight is 350 g/mol. The van der Waals surface area contributed by atoms with Gasteiger partial charge in [0.15, 0.2) is 6.29 Å². The number of hydrogen-bond donors (Lipinski definition) is 0. The molecule has 0 bridgehead atoms. The standard InChI is InChI=1S/C21H34O4/c1-10-23-15(2)24-16-11-13-17(14-12-16)25-18(22)21(9,19(3,4)5)20(6,7)8/h11-15H,10H2,1-9H3. The van der Waals surface area contributed by atoms with Crippen LogP contribution in [-0.2, 0) is 9.53 Å². The number of carbonyl (C=O) groups excluding carboxylic acids is 1. The van der Waals surface area contributed by atoms with E-state index in [1.165, 1.54) is 0 Å². The second kappa shape index (κ2) is 7.77. The molecule has 0 heterocycles. The third kappa shape index (κ3) is 4.97. The molecule has 0 spiro atoms. The zero-order valence-electron chi connectivity index (χ0n) is 17.2. The van der Waals surface area contributed by atoms with E-state index in [1.807, 2.05) is 20.8 Å². The Kier molecular flexibility index (Phi) is 6.68. The van der Waals surface area contributed by atoms with Crippen molar-refractivity contribution in [3.63, 3.8) is 0 Å². The number of esters is 1. The lowest BCUT2D eigenvalue weighted by Gasteiger charge is -2.48. The van der Waals surface area contributed by atoms with Gasteiger partial charge in [0.2, 0.25) is 0 Å². The lowest BCUT2D eigenvalue weighted by atomic mass is 9.55. The van der Waals surface area contributed by atoms with Gasteiger partial charge in [-0.05, 0) is 55.9 Å². The maximum atomic E-state index is 13.0. The summed E-state index contributed by atoms with van der Waals surface area (Å²) in [6.07, 6.45) is -0.316. The van der Waals surface area contributed by atoms with Gasteiger partial charge in [0.05, 0.1) is 5.41 Å². The van der Waals surface area contributed by atoms with E-state index in [-0.39, 0.29) is 23.1 Å². The van der Waals surface area contributed by atoms with E-state index in [0.29, 0.717) is 18.1 Å².